The number of alkyl halides is 3. The standard InChI is InChI=1S/C15H23ClF2/c16-10-14(7-11-3-4-13(14)6-11)8-12-2-1-5-15(17,18)9-12/h11-13H,1-10H2. The van der Waals surface area contributed by atoms with E-state index in [0.29, 0.717) is 12.3 Å². The van der Waals surface area contributed by atoms with Gasteiger partial charge in [0.15, 0.2) is 0 Å². The minimum absolute atomic E-state index is 0.101. The highest BCUT2D eigenvalue weighted by atomic mass is 35.5. The second kappa shape index (κ2) is 4.61. The highest BCUT2D eigenvalue weighted by Crippen LogP contribution is 2.60. The van der Waals surface area contributed by atoms with Gasteiger partial charge in [-0.05, 0) is 61.7 Å². The summed E-state index contributed by atoms with van der Waals surface area (Å²) in [5.41, 5.74) is 0.211. The third-order valence-electron chi connectivity index (χ3n) is 5.81. The molecule has 18 heavy (non-hydrogen) atoms. The maximum atomic E-state index is 13.5. The molecule has 0 aliphatic heterocycles. The molecular weight excluding hydrogens is 254 g/mol. The summed E-state index contributed by atoms with van der Waals surface area (Å²) in [7, 11) is 0. The summed E-state index contributed by atoms with van der Waals surface area (Å²) < 4.78 is 27.0. The lowest BCUT2D eigenvalue weighted by Gasteiger charge is -2.41. The minimum Gasteiger partial charge on any atom is -0.207 e. The molecule has 2 bridgehead atoms. The molecule has 0 aromatic heterocycles. The van der Waals surface area contributed by atoms with Crippen LogP contribution in [0.3, 0.4) is 0 Å². The molecular formula is C15H23ClF2. The summed E-state index contributed by atoms with van der Waals surface area (Å²) >= 11 is 6.26. The van der Waals surface area contributed by atoms with E-state index < -0.39 is 5.92 Å². The van der Waals surface area contributed by atoms with E-state index in [1.54, 1.807) is 0 Å². The lowest BCUT2D eigenvalue weighted by molar-refractivity contribution is -0.0612. The number of fused-ring (bicyclic) bond motifs is 2. The molecule has 3 aliphatic carbocycles. The van der Waals surface area contributed by atoms with Gasteiger partial charge in [0.05, 0.1) is 0 Å². The molecule has 0 aromatic carbocycles. The van der Waals surface area contributed by atoms with Gasteiger partial charge in [0.2, 0.25) is 5.92 Å². The fraction of sp³-hybridized carbons (Fsp3) is 1.00. The largest absolute Gasteiger partial charge is 0.248 e. The van der Waals surface area contributed by atoms with Gasteiger partial charge in [-0.15, -0.1) is 11.6 Å². The Kier molecular flexibility index (Phi) is 3.37. The zero-order chi connectivity index (χ0) is 12.8. The summed E-state index contributed by atoms with van der Waals surface area (Å²) in [6.45, 7) is 0. The molecule has 4 unspecified atom stereocenters. The van der Waals surface area contributed by atoms with Crippen LogP contribution < -0.4 is 0 Å². The van der Waals surface area contributed by atoms with Crippen molar-refractivity contribution in [1.29, 1.82) is 0 Å². The van der Waals surface area contributed by atoms with Gasteiger partial charge in [-0.3, -0.25) is 0 Å². The molecule has 3 fully saturated rings. The zero-order valence-corrected chi connectivity index (χ0v) is 11.7. The van der Waals surface area contributed by atoms with Crippen LogP contribution in [0.2, 0.25) is 0 Å². The van der Waals surface area contributed by atoms with Gasteiger partial charge in [0, 0.05) is 18.7 Å². The first-order chi connectivity index (χ1) is 8.53. The van der Waals surface area contributed by atoms with Crippen LogP contribution in [0.1, 0.15) is 57.8 Å². The topological polar surface area (TPSA) is 0 Å². The number of halogens is 3. The van der Waals surface area contributed by atoms with E-state index in [2.05, 4.69) is 0 Å². The summed E-state index contributed by atoms with van der Waals surface area (Å²) in [5, 5.41) is 0. The van der Waals surface area contributed by atoms with Crippen LogP contribution >= 0.6 is 11.6 Å². The van der Waals surface area contributed by atoms with Crippen LogP contribution in [0, 0.1) is 23.2 Å². The SMILES string of the molecule is FC1(F)CCCC(CC2(CCl)CC3CCC2C3)C1. The number of hydrogen-bond acceptors (Lipinski definition) is 0. The van der Waals surface area contributed by atoms with Gasteiger partial charge >= 0.3 is 0 Å². The Morgan fingerprint density at radius 3 is 2.50 bits per heavy atom. The van der Waals surface area contributed by atoms with E-state index in [1.807, 2.05) is 0 Å². The highest BCUT2D eigenvalue weighted by Gasteiger charge is 2.51. The van der Waals surface area contributed by atoms with E-state index in [9.17, 15) is 8.78 Å². The molecule has 0 heterocycles. The van der Waals surface area contributed by atoms with Gasteiger partial charge in [-0.25, -0.2) is 8.78 Å². The van der Waals surface area contributed by atoms with E-state index in [-0.39, 0.29) is 24.2 Å². The molecule has 3 rings (SSSR count). The predicted molar refractivity (Wildman–Crippen MR) is 70.1 cm³/mol. The quantitative estimate of drug-likeness (QED) is 0.618. The van der Waals surface area contributed by atoms with Gasteiger partial charge in [0.1, 0.15) is 0 Å². The fourth-order valence-corrected chi connectivity index (χ4v) is 5.49. The summed E-state index contributed by atoms with van der Waals surface area (Å²) in [6, 6.07) is 0. The average Bonchev–Trinajstić information content (AvgIpc) is 2.88. The summed E-state index contributed by atoms with van der Waals surface area (Å²) in [6.07, 6.45) is 8.04. The molecule has 3 heteroatoms. The van der Waals surface area contributed by atoms with Crippen molar-refractivity contribution in [3.8, 4) is 0 Å². The molecule has 0 radical (unpaired) electrons. The molecule has 0 nitrogen and oxygen atoms in total. The lowest BCUT2D eigenvalue weighted by Crippen LogP contribution is -2.35. The molecule has 0 aromatic rings. The number of rotatable bonds is 3. The summed E-state index contributed by atoms with van der Waals surface area (Å²) in [4.78, 5) is 0. The second-order valence-corrected chi connectivity index (χ2v) is 7.37. The smallest absolute Gasteiger partial charge is 0.207 e. The van der Waals surface area contributed by atoms with E-state index in [1.165, 1.54) is 25.7 Å². The van der Waals surface area contributed by atoms with Crippen LogP contribution in [0.25, 0.3) is 0 Å². The Bertz CT molecular complexity index is 318. The highest BCUT2D eigenvalue weighted by molar-refractivity contribution is 6.18. The molecule has 3 aliphatic rings. The minimum atomic E-state index is -2.41. The fourth-order valence-electron chi connectivity index (χ4n) is 5.05. The normalized spacial score (nSPS) is 46.5. The summed E-state index contributed by atoms with van der Waals surface area (Å²) in [5.74, 6) is 0.0739. The molecule has 0 amide bonds. The third kappa shape index (κ3) is 2.30. The van der Waals surface area contributed by atoms with Crippen molar-refractivity contribution in [3.05, 3.63) is 0 Å². The van der Waals surface area contributed by atoms with E-state index in [4.69, 9.17) is 11.6 Å². The molecule has 0 N–H and O–H groups in total. The van der Waals surface area contributed by atoms with Crippen molar-refractivity contribution >= 4 is 11.6 Å². The van der Waals surface area contributed by atoms with Crippen molar-refractivity contribution in [1.82, 2.24) is 0 Å². The lowest BCUT2D eigenvalue weighted by atomic mass is 9.67. The molecule has 3 saturated carbocycles. The third-order valence-corrected chi connectivity index (χ3v) is 6.34. The predicted octanol–water partition coefficient (Wildman–Crippen LogP) is 5.25. The molecule has 0 spiro atoms. The van der Waals surface area contributed by atoms with Gasteiger partial charge in [0.25, 0.3) is 0 Å². The first kappa shape index (κ1) is 13.1. The van der Waals surface area contributed by atoms with Crippen LogP contribution in [-0.4, -0.2) is 11.8 Å². The van der Waals surface area contributed by atoms with Gasteiger partial charge < -0.3 is 0 Å². The van der Waals surface area contributed by atoms with E-state index in [0.717, 1.165) is 24.7 Å². The van der Waals surface area contributed by atoms with Gasteiger partial charge in [-0.2, -0.15) is 0 Å². The first-order valence-corrected chi connectivity index (χ1v) is 8.00. The zero-order valence-electron chi connectivity index (χ0n) is 10.9. The Morgan fingerprint density at radius 1 is 1.11 bits per heavy atom. The molecule has 0 saturated heterocycles. The van der Waals surface area contributed by atoms with Crippen molar-refractivity contribution in [3.63, 3.8) is 0 Å². The van der Waals surface area contributed by atoms with Crippen molar-refractivity contribution < 1.29 is 8.78 Å². The van der Waals surface area contributed by atoms with Crippen molar-refractivity contribution in [2.45, 2.75) is 63.7 Å². The van der Waals surface area contributed by atoms with E-state index >= 15 is 0 Å². The molecule has 4 atom stereocenters. The Labute approximate surface area is 113 Å². The van der Waals surface area contributed by atoms with Crippen molar-refractivity contribution in [2.24, 2.45) is 23.2 Å². The van der Waals surface area contributed by atoms with Gasteiger partial charge in [-0.1, -0.05) is 6.42 Å². The maximum absolute atomic E-state index is 13.5. The Hall–Kier alpha value is 0.150. The van der Waals surface area contributed by atoms with Crippen molar-refractivity contribution in [2.75, 3.05) is 5.88 Å². The van der Waals surface area contributed by atoms with Crippen LogP contribution in [-0.2, 0) is 0 Å². The van der Waals surface area contributed by atoms with Crippen LogP contribution in [0.4, 0.5) is 8.78 Å². The maximum Gasteiger partial charge on any atom is 0.248 e. The Balaban J connectivity index is 1.67. The number of hydrogen-bond donors (Lipinski definition) is 0. The Morgan fingerprint density at radius 2 is 1.94 bits per heavy atom. The average molecular weight is 277 g/mol. The van der Waals surface area contributed by atoms with Crippen LogP contribution in [0.5, 0.6) is 0 Å². The van der Waals surface area contributed by atoms with Crippen LogP contribution in [0.15, 0.2) is 0 Å². The molecule has 104 valence electrons. The monoisotopic (exact) mass is 276 g/mol. The second-order valence-electron chi connectivity index (χ2n) is 7.10. The first-order valence-electron chi connectivity index (χ1n) is 7.47.